The topological polar surface area (TPSA) is 45.2 Å². The number of benzene rings is 1. The van der Waals surface area contributed by atoms with Crippen LogP contribution in [0.2, 0.25) is 0 Å². The van der Waals surface area contributed by atoms with Gasteiger partial charge in [-0.3, -0.25) is 0 Å². The molecule has 1 aromatic carbocycles. The highest BCUT2D eigenvalue weighted by Crippen LogP contribution is 2.29. The van der Waals surface area contributed by atoms with Gasteiger partial charge in [0.1, 0.15) is 5.75 Å². The Balaban J connectivity index is 2.67. The highest BCUT2D eigenvalue weighted by molar-refractivity contribution is 5.86. The van der Waals surface area contributed by atoms with E-state index in [1.807, 2.05) is 24.4 Å². The van der Waals surface area contributed by atoms with Crippen LogP contribution in [0.1, 0.15) is 18.6 Å². The average molecular weight is 191 g/mol. The van der Waals surface area contributed by atoms with E-state index >= 15 is 0 Å². The van der Waals surface area contributed by atoms with Gasteiger partial charge in [0.25, 0.3) is 0 Å². The van der Waals surface area contributed by atoms with Crippen molar-refractivity contribution in [2.45, 2.75) is 13.0 Å². The molecule has 0 spiro atoms. The molecule has 1 aromatic heterocycles. The number of hydrogen-bond acceptors (Lipinski definition) is 2. The van der Waals surface area contributed by atoms with Gasteiger partial charge in [-0.25, -0.2) is 0 Å². The van der Waals surface area contributed by atoms with Crippen LogP contribution in [0.4, 0.5) is 0 Å². The van der Waals surface area contributed by atoms with E-state index in [2.05, 4.69) is 4.98 Å². The zero-order valence-electron chi connectivity index (χ0n) is 8.24. The molecule has 0 radical (unpaired) electrons. The van der Waals surface area contributed by atoms with E-state index in [1.165, 1.54) is 0 Å². The van der Waals surface area contributed by atoms with E-state index < -0.39 is 6.10 Å². The van der Waals surface area contributed by atoms with E-state index in [-0.39, 0.29) is 0 Å². The molecule has 2 rings (SSSR count). The zero-order valence-corrected chi connectivity index (χ0v) is 8.24. The molecule has 0 amide bonds. The Morgan fingerprint density at radius 2 is 2.21 bits per heavy atom. The van der Waals surface area contributed by atoms with E-state index in [9.17, 15) is 5.11 Å². The number of H-pyrrole nitrogens is 1. The van der Waals surface area contributed by atoms with Crippen molar-refractivity contribution < 1.29 is 9.84 Å². The summed E-state index contributed by atoms with van der Waals surface area (Å²) in [5, 5.41) is 10.5. The number of aromatic amines is 1. The zero-order chi connectivity index (χ0) is 10.1. The summed E-state index contributed by atoms with van der Waals surface area (Å²) in [6, 6.07) is 5.75. The van der Waals surface area contributed by atoms with Gasteiger partial charge < -0.3 is 14.8 Å². The molecule has 2 aromatic rings. The Bertz CT molecular complexity index is 445. The molecule has 0 aliphatic rings. The first-order valence-corrected chi connectivity index (χ1v) is 4.55. The summed E-state index contributed by atoms with van der Waals surface area (Å²) < 4.78 is 5.25. The van der Waals surface area contributed by atoms with Gasteiger partial charge in [-0.05, 0) is 30.7 Å². The van der Waals surface area contributed by atoms with Crippen LogP contribution < -0.4 is 4.74 Å². The smallest absolute Gasteiger partial charge is 0.128 e. The largest absolute Gasteiger partial charge is 0.496 e. The molecule has 0 saturated heterocycles. The minimum atomic E-state index is -0.475. The average Bonchev–Trinajstić information content (AvgIpc) is 2.63. The molecule has 0 bridgehead atoms. The monoisotopic (exact) mass is 191 g/mol. The second kappa shape index (κ2) is 3.35. The molecule has 2 N–H and O–H groups in total. The molecule has 74 valence electrons. The number of hydrogen-bond donors (Lipinski definition) is 2. The predicted octanol–water partition coefficient (Wildman–Crippen LogP) is 2.23. The lowest BCUT2D eigenvalue weighted by Gasteiger charge is -2.08. The van der Waals surface area contributed by atoms with E-state index in [4.69, 9.17) is 4.74 Å². The van der Waals surface area contributed by atoms with Crippen molar-refractivity contribution in [3.63, 3.8) is 0 Å². The number of aliphatic hydroxyl groups excluding tert-OH is 1. The molecular formula is C11H13NO2. The van der Waals surface area contributed by atoms with Crippen LogP contribution >= 0.6 is 0 Å². The van der Waals surface area contributed by atoms with Crippen LogP contribution in [0, 0.1) is 0 Å². The molecule has 1 heterocycles. The van der Waals surface area contributed by atoms with Crippen molar-refractivity contribution in [1.82, 2.24) is 4.98 Å². The van der Waals surface area contributed by atoms with Gasteiger partial charge in [-0.2, -0.15) is 0 Å². The maximum Gasteiger partial charge on any atom is 0.128 e. The first kappa shape index (κ1) is 9.09. The van der Waals surface area contributed by atoms with Crippen molar-refractivity contribution >= 4 is 10.9 Å². The van der Waals surface area contributed by atoms with Crippen LogP contribution in [-0.4, -0.2) is 17.2 Å². The third kappa shape index (κ3) is 1.36. The fourth-order valence-electron chi connectivity index (χ4n) is 1.56. The van der Waals surface area contributed by atoms with Crippen molar-refractivity contribution in [3.8, 4) is 5.75 Å². The number of fused-ring (bicyclic) bond motifs is 1. The molecule has 1 unspecified atom stereocenters. The Labute approximate surface area is 82.3 Å². The number of ether oxygens (including phenoxy) is 1. The first-order chi connectivity index (χ1) is 6.72. The molecule has 1 atom stereocenters. The summed E-state index contributed by atoms with van der Waals surface area (Å²) in [4.78, 5) is 3.10. The minimum Gasteiger partial charge on any atom is -0.496 e. The van der Waals surface area contributed by atoms with Gasteiger partial charge in [0.15, 0.2) is 0 Å². The summed E-state index contributed by atoms with van der Waals surface area (Å²) in [5.74, 6) is 0.791. The van der Waals surface area contributed by atoms with Crippen LogP contribution in [0.25, 0.3) is 10.9 Å². The van der Waals surface area contributed by atoms with Crippen LogP contribution in [0.3, 0.4) is 0 Å². The lowest BCUT2D eigenvalue weighted by molar-refractivity contribution is 0.199. The maximum atomic E-state index is 9.47. The van der Waals surface area contributed by atoms with E-state index in [0.29, 0.717) is 0 Å². The summed E-state index contributed by atoms with van der Waals surface area (Å²) in [7, 11) is 1.63. The molecule has 14 heavy (non-hydrogen) atoms. The van der Waals surface area contributed by atoms with Gasteiger partial charge >= 0.3 is 0 Å². The Morgan fingerprint density at radius 3 is 2.86 bits per heavy atom. The normalized spacial score (nSPS) is 13.1. The minimum absolute atomic E-state index is 0.475. The SMILES string of the molecule is COc1cc(C(C)O)cc2[nH]ccc12. The van der Waals surface area contributed by atoms with Gasteiger partial charge in [-0.1, -0.05) is 0 Å². The summed E-state index contributed by atoms with van der Waals surface area (Å²) in [6.45, 7) is 1.74. The van der Waals surface area contributed by atoms with Crippen molar-refractivity contribution in [2.24, 2.45) is 0 Å². The van der Waals surface area contributed by atoms with Crippen LogP contribution in [0.15, 0.2) is 24.4 Å². The van der Waals surface area contributed by atoms with Crippen molar-refractivity contribution in [3.05, 3.63) is 30.0 Å². The van der Waals surface area contributed by atoms with Gasteiger partial charge in [0.05, 0.1) is 13.2 Å². The summed E-state index contributed by atoms with van der Waals surface area (Å²) in [6.07, 6.45) is 1.38. The third-order valence-electron chi connectivity index (χ3n) is 2.36. The van der Waals surface area contributed by atoms with Gasteiger partial charge in [-0.15, -0.1) is 0 Å². The van der Waals surface area contributed by atoms with E-state index in [1.54, 1.807) is 14.0 Å². The lowest BCUT2D eigenvalue weighted by atomic mass is 10.1. The molecule has 0 fully saturated rings. The third-order valence-corrected chi connectivity index (χ3v) is 2.36. The number of aliphatic hydroxyl groups is 1. The van der Waals surface area contributed by atoms with E-state index in [0.717, 1.165) is 22.2 Å². The Hall–Kier alpha value is -1.48. The predicted molar refractivity (Wildman–Crippen MR) is 55.5 cm³/mol. The highest BCUT2D eigenvalue weighted by atomic mass is 16.5. The van der Waals surface area contributed by atoms with Crippen LogP contribution in [0.5, 0.6) is 5.75 Å². The number of aromatic nitrogens is 1. The molecule has 0 saturated carbocycles. The molecule has 3 nitrogen and oxygen atoms in total. The number of methoxy groups -OCH3 is 1. The fraction of sp³-hybridized carbons (Fsp3) is 0.273. The summed E-state index contributed by atoms with van der Waals surface area (Å²) in [5.41, 5.74) is 1.84. The maximum absolute atomic E-state index is 9.47. The number of nitrogens with one attached hydrogen (secondary N) is 1. The van der Waals surface area contributed by atoms with Crippen molar-refractivity contribution in [1.29, 1.82) is 0 Å². The van der Waals surface area contributed by atoms with Gasteiger partial charge in [0, 0.05) is 17.1 Å². The number of rotatable bonds is 2. The van der Waals surface area contributed by atoms with Crippen molar-refractivity contribution in [2.75, 3.05) is 7.11 Å². The highest BCUT2D eigenvalue weighted by Gasteiger charge is 2.08. The molecule has 0 aliphatic carbocycles. The molecule has 0 aliphatic heterocycles. The van der Waals surface area contributed by atoms with Crippen LogP contribution in [-0.2, 0) is 0 Å². The fourth-order valence-corrected chi connectivity index (χ4v) is 1.56. The quantitative estimate of drug-likeness (QED) is 0.764. The molecular weight excluding hydrogens is 178 g/mol. The van der Waals surface area contributed by atoms with Gasteiger partial charge in [0.2, 0.25) is 0 Å². The standard InChI is InChI=1S/C11H13NO2/c1-7(13)8-5-10-9(3-4-12-10)11(6-8)14-2/h3-7,12-13H,1-2H3. The lowest BCUT2D eigenvalue weighted by Crippen LogP contribution is -1.93. The second-order valence-corrected chi connectivity index (χ2v) is 3.34. The second-order valence-electron chi connectivity index (χ2n) is 3.34. The Morgan fingerprint density at radius 1 is 1.43 bits per heavy atom. The summed E-state index contributed by atoms with van der Waals surface area (Å²) >= 11 is 0. The first-order valence-electron chi connectivity index (χ1n) is 4.55. The molecule has 3 heteroatoms. The Kier molecular flexibility index (Phi) is 2.17.